The monoisotopic (exact) mass is 582 g/mol. The number of benzene rings is 4. The third-order valence-corrected chi connectivity index (χ3v) is 5.87. The van der Waals surface area contributed by atoms with Crippen molar-refractivity contribution in [2.75, 3.05) is 5.73 Å². The highest BCUT2D eigenvalue weighted by molar-refractivity contribution is 7.80. The van der Waals surface area contributed by atoms with Crippen LogP contribution in [0.1, 0.15) is 39.6 Å². The van der Waals surface area contributed by atoms with Gasteiger partial charge in [0.1, 0.15) is 22.8 Å². The molecule has 0 spiro atoms. The van der Waals surface area contributed by atoms with E-state index in [9.17, 15) is 9.90 Å². The van der Waals surface area contributed by atoms with E-state index in [1.165, 1.54) is 16.8 Å². The number of hydrogen-bond donors (Lipinski definition) is 5. The lowest BCUT2D eigenvalue weighted by atomic mass is 10.2. The van der Waals surface area contributed by atoms with Gasteiger partial charge in [-0.15, -0.1) is 24.0 Å². The maximum absolute atomic E-state index is 10.0. The van der Waals surface area contributed by atoms with Crippen molar-refractivity contribution in [1.82, 2.24) is 4.98 Å². The molecule has 0 amide bonds. The fourth-order valence-electron chi connectivity index (χ4n) is 2.64. The molecule has 4 aromatic carbocycles. The standard InChI is InChI=1S/C13H9NOS.C7H6O2.C6H7NS.C2H4O2.3CH4/c15-10-7-5-9(6-8-10)13-14-11-3-1-2-4-12(11)16-13;8-5-6-1-3-7(9)4-2-6;7-5-3-1-2-4-6(5)8;1-2(3)4;;;/h1-8,15H;1-5,9H;1-4,8H,7H2;1H3,(H,3,4);3*1H4. The van der Waals surface area contributed by atoms with E-state index in [4.69, 9.17) is 20.7 Å². The van der Waals surface area contributed by atoms with Crippen molar-refractivity contribution in [3.05, 3.63) is 103 Å². The molecule has 0 saturated carbocycles. The summed E-state index contributed by atoms with van der Waals surface area (Å²) in [5.41, 5.74) is 8.82. The summed E-state index contributed by atoms with van der Waals surface area (Å²) in [4.78, 5) is 24.4. The van der Waals surface area contributed by atoms with Gasteiger partial charge in [0.05, 0.1) is 10.2 Å². The average Bonchev–Trinajstić information content (AvgIpc) is 3.32. The first-order chi connectivity index (χ1) is 17.7. The fraction of sp³-hybridized carbons (Fsp3) is 0.129. The Morgan fingerprint density at radius 2 is 1.30 bits per heavy atom. The predicted octanol–water partition coefficient (Wildman–Crippen LogP) is 8.43. The van der Waals surface area contributed by atoms with Crippen LogP contribution in [0, 0.1) is 0 Å². The number of phenols is 2. The molecule has 0 atom stereocenters. The molecule has 214 valence electrons. The summed E-state index contributed by atoms with van der Waals surface area (Å²) < 4.78 is 1.19. The van der Waals surface area contributed by atoms with Gasteiger partial charge < -0.3 is 21.1 Å². The minimum atomic E-state index is -0.833. The largest absolute Gasteiger partial charge is 0.508 e. The first-order valence-electron chi connectivity index (χ1n) is 10.8. The minimum Gasteiger partial charge on any atom is -0.508 e. The van der Waals surface area contributed by atoms with Gasteiger partial charge in [0.25, 0.3) is 5.97 Å². The van der Waals surface area contributed by atoms with Crippen LogP contribution in [0.15, 0.2) is 102 Å². The Bertz CT molecular complexity index is 1360. The topological polar surface area (TPSA) is 134 Å². The van der Waals surface area contributed by atoms with Gasteiger partial charge in [-0.25, -0.2) is 4.98 Å². The van der Waals surface area contributed by atoms with Gasteiger partial charge in [-0.05, 0) is 72.8 Å². The molecule has 1 heterocycles. The highest BCUT2D eigenvalue weighted by atomic mass is 32.1. The van der Waals surface area contributed by atoms with E-state index in [0.717, 1.165) is 39.9 Å². The van der Waals surface area contributed by atoms with Crippen LogP contribution in [0.25, 0.3) is 20.8 Å². The SMILES string of the molecule is C.C.C.CC(=O)O.Nc1ccccc1S.O=Cc1ccc(O)cc1.Oc1ccc(-c2nc3ccccc3s2)cc1. The molecule has 40 heavy (non-hydrogen) atoms. The number of fused-ring (bicyclic) bond motifs is 1. The second kappa shape index (κ2) is 19.7. The number of thiol groups is 1. The van der Waals surface area contributed by atoms with Crippen LogP contribution in [0.5, 0.6) is 11.5 Å². The fourth-order valence-corrected chi connectivity index (χ4v) is 3.77. The zero-order valence-electron chi connectivity index (χ0n) is 19.9. The number of anilines is 1. The minimum absolute atomic E-state index is 0. The molecule has 0 aliphatic heterocycles. The quantitative estimate of drug-likeness (QED) is 0.0801. The van der Waals surface area contributed by atoms with Crippen LogP contribution >= 0.6 is 24.0 Å². The Balaban J connectivity index is 0. The third-order valence-electron chi connectivity index (χ3n) is 4.37. The van der Waals surface area contributed by atoms with Crippen molar-refractivity contribution < 1.29 is 24.9 Å². The molecule has 5 aromatic rings. The number of aliphatic carboxylic acids is 1. The van der Waals surface area contributed by atoms with Crippen LogP contribution in [-0.4, -0.2) is 32.6 Å². The van der Waals surface area contributed by atoms with E-state index in [-0.39, 0.29) is 33.8 Å². The molecule has 0 aliphatic carbocycles. The number of hydrogen-bond acceptors (Lipinski definition) is 8. The smallest absolute Gasteiger partial charge is 0.300 e. The molecule has 9 heteroatoms. The van der Waals surface area contributed by atoms with Gasteiger partial charge in [0.2, 0.25) is 0 Å². The Morgan fingerprint density at radius 3 is 1.75 bits per heavy atom. The molecule has 5 rings (SSSR count). The Kier molecular flexibility index (Phi) is 18.6. The summed E-state index contributed by atoms with van der Waals surface area (Å²) in [6.07, 6.45) is 0.736. The number of nitrogens with zero attached hydrogens (tertiary/aromatic N) is 1. The number of rotatable bonds is 2. The van der Waals surface area contributed by atoms with Crippen LogP contribution < -0.4 is 5.73 Å². The highest BCUT2D eigenvalue weighted by Gasteiger charge is 2.05. The van der Waals surface area contributed by atoms with Crippen LogP contribution in [-0.2, 0) is 4.79 Å². The van der Waals surface area contributed by atoms with Crippen LogP contribution in [0.3, 0.4) is 0 Å². The molecule has 1 aromatic heterocycles. The van der Waals surface area contributed by atoms with Gasteiger partial charge >= 0.3 is 0 Å². The lowest BCUT2D eigenvalue weighted by Crippen LogP contribution is -1.83. The molecular weight excluding hydrogens is 544 g/mol. The molecule has 0 unspecified atom stereocenters. The number of aldehydes is 1. The highest BCUT2D eigenvalue weighted by Crippen LogP contribution is 2.30. The van der Waals surface area contributed by atoms with Crippen molar-refractivity contribution in [3.63, 3.8) is 0 Å². The van der Waals surface area contributed by atoms with Crippen molar-refractivity contribution in [2.24, 2.45) is 0 Å². The molecule has 7 nitrogen and oxygen atoms in total. The number of carboxylic acids is 1. The zero-order valence-corrected chi connectivity index (χ0v) is 21.6. The summed E-state index contributed by atoms with van der Waals surface area (Å²) in [5.74, 6) is -0.370. The van der Waals surface area contributed by atoms with Gasteiger partial charge in [-0.2, -0.15) is 0 Å². The van der Waals surface area contributed by atoms with Crippen LogP contribution in [0.2, 0.25) is 0 Å². The first-order valence-corrected chi connectivity index (χ1v) is 12.1. The normalized spacial score (nSPS) is 8.75. The van der Waals surface area contributed by atoms with Gasteiger partial charge in [0, 0.05) is 28.6 Å². The summed E-state index contributed by atoms with van der Waals surface area (Å²) >= 11 is 5.74. The van der Waals surface area contributed by atoms with Crippen LogP contribution in [0.4, 0.5) is 5.69 Å². The van der Waals surface area contributed by atoms with E-state index in [2.05, 4.69) is 23.7 Å². The number of thiazole rings is 1. The summed E-state index contributed by atoms with van der Waals surface area (Å²) in [7, 11) is 0. The maximum Gasteiger partial charge on any atom is 0.300 e. The number of phenolic OH excluding ortho intramolecular Hbond substituents is 2. The lowest BCUT2D eigenvalue weighted by molar-refractivity contribution is -0.134. The van der Waals surface area contributed by atoms with Gasteiger partial charge in [-0.1, -0.05) is 46.5 Å². The van der Waals surface area contributed by atoms with E-state index in [1.54, 1.807) is 35.6 Å². The number of carbonyl (C=O) groups is 2. The Hall–Kier alpha value is -4.34. The molecule has 0 aliphatic rings. The number of carbonyl (C=O) groups excluding carboxylic acids is 1. The lowest BCUT2D eigenvalue weighted by Gasteiger charge is -1.95. The Labute approximate surface area is 246 Å². The van der Waals surface area contributed by atoms with Crippen molar-refractivity contribution in [3.8, 4) is 22.1 Å². The van der Waals surface area contributed by atoms with Crippen molar-refractivity contribution in [2.45, 2.75) is 34.1 Å². The van der Waals surface area contributed by atoms with Gasteiger partial charge in [-0.3, -0.25) is 9.59 Å². The molecule has 0 fully saturated rings. The maximum atomic E-state index is 10.0. The van der Waals surface area contributed by atoms with E-state index >= 15 is 0 Å². The third kappa shape index (κ3) is 13.5. The molecule has 5 N–H and O–H groups in total. The number of carboxylic acid groups (broad SMARTS) is 1. The molecule has 0 saturated heterocycles. The first kappa shape index (κ1) is 37.8. The second-order valence-corrected chi connectivity index (χ2v) is 8.83. The molecule has 0 radical (unpaired) electrons. The molecule has 0 bridgehead atoms. The second-order valence-electron chi connectivity index (χ2n) is 7.32. The number of aromatic nitrogens is 1. The molecular formula is C31H38N2O5S2. The van der Waals surface area contributed by atoms with E-state index < -0.39 is 5.97 Å². The van der Waals surface area contributed by atoms with E-state index in [0.29, 0.717) is 5.56 Å². The van der Waals surface area contributed by atoms with E-state index in [1.807, 2.05) is 54.6 Å². The average molecular weight is 583 g/mol. The van der Waals surface area contributed by atoms with Gasteiger partial charge in [0.15, 0.2) is 0 Å². The predicted molar refractivity (Wildman–Crippen MR) is 172 cm³/mol. The number of nitrogen functional groups attached to an aromatic ring is 1. The summed E-state index contributed by atoms with van der Waals surface area (Å²) in [6.45, 7) is 1.08. The summed E-state index contributed by atoms with van der Waals surface area (Å²) in [6, 6.07) is 28.7. The number of aromatic hydroxyl groups is 2. The van der Waals surface area contributed by atoms with Crippen molar-refractivity contribution in [1.29, 1.82) is 0 Å². The Morgan fingerprint density at radius 1 is 0.825 bits per heavy atom. The number of nitrogens with two attached hydrogens (primary N) is 1. The van der Waals surface area contributed by atoms with Crippen molar-refractivity contribution >= 4 is 52.1 Å². The zero-order chi connectivity index (χ0) is 27.2. The number of para-hydroxylation sites is 2. The summed E-state index contributed by atoms with van der Waals surface area (Å²) in [5, 5.41) is 26.4.